The van der Waals surface area contributed by atoms with Crippen molar-refractivity contribution >= 4 is 23.4 Å². The van der Waals surface area contributed by atoms with Crippen LogP contribution in [0.2, 0.25) is 5.02 Å². The number of rotatable bonds is 2. The van der Waals surface area contributed by atoms with Gasteiger partial charge < -0.3 is 0 Å². The molecule has 0 aliphatic rings. The Morgan fingerprint density at radius 1 is 1.28 bits per heavy atom. The molecule has 2 heterocycles. The SMILES string of the molecule is O=Cc1c(-c2cccc(Cl)c2)nn2cnccc12. The highest BCUT2D eigenvalue weighted by Crippen LogP contribution is 2.26. The van der Waals surface area contributed by atoms with Gasteiger partial charge >= 0.3 is 0 Å². The Morgan fingerprint density at radius 3 is 2.94 bits per heavy atom. The van der Waals surface area contributed by atoms with Crippen molar-refractivity contribution in [1.82, 2.24) is 14.6 Å². The smallest absolute Gasteiger partial charge is 0.154 e. The molecule has 1 aromatic carbocycles. The molecule has 0 N–H and O–H groups in total. The van der Waals surface area contributed by atoms with E-state index in [1.165, 1.54) is 0 Å². The van der Waals surface area contributed by atoms with Crippen molar-refractivity contribution in [3.8, 4) is 11.3 Å². The standard InChI is InChI=1S/C13H8ClN3O/c14-10-3-1-2-9(6-10)13-11(7-18)12-4-5-15-8-17(12)16-13/h1-8H. The normalized spacial score (nSPS) is 10.7. The van der Waals surface area contributed by atoms with Crippen LogP contribution in [0.1, 0.15) is 10.4 Å². The van der Waals surface area contributed by atoms with Gasteiger partial charge in [0, 0.05) is 16.8 Å². The zero-order valence-electron chi connectivity index (χ0n) is 9.25. The molecule has 0 saturated carbocycles. The molecule has 0 fully saturated rings. The summed E-state index contributed by atoms with van der Waals surface area (Å²) < 4.78 is 1.58. The van der Waals surface area contributed by atoms with Crippen molar-refractivity contribution < 1.29 is 4.79 Å². The molecule has 0 atom stereocenters. The predicted molar refractivity (Wildman–Crippen MR) is 68.8 cm³/mol. The molecule has 88 valence electrons. The van der Waals surface area contributed by atoms with Gasteiger partial charge in [-0.2, -0.15) is 5.10 Å². The minimum absolute atomic E-state index is 0.541. The Balaban J connectivity index is 2.32. The molecule has 4 nitrogen and oxygen atoms in total. The van der Waals surface area contributed by atoms with Crippen LogP contribution < -0.4 is 0 Å². The highest BCUT2D eigenvalue weighted by Gasteiger charge is 2.13. The van der Waals surface area contributed by atoms with E-state index in [1.54, 1.807) is 35.2 Å². The van der Waals surface area contributed by atoms with Gasteiger partial charge in [0.1, 0.15) is 12.0 Å². The van der Waals surface area contributed by atoms with E-state index in [4.69, 9.17) is 11.6 Å². The van der Waals surface area contributed by atoms with E-state index in [2.05, 4.69) is 10.1 Å². The van der Waals surface area contributed by atoms with Crippen molar-refractivity contribution in [1.29, 1.82) is 0 Å². The number of aromatic nitrogens is 3. The van der Waals surface area contributed by atoms with Crippen LogP contribution >= 0.6 is 11.6 Å². The number of benzene rings is 1. The van der Waals surface area contributed by atoms with Crippen LogP contribution in [0.15, 0.2) is 42.9 Å². The first-order chi connectivity index (χ1) is 8.79. The molecule has 5 heteroatoms. The van der Waals surface area contributed by atoms with E-state index in [0.717, 1.165) is 17.4 Å². The second kappa shape index (κ2) is 4.23. The van der Waals surface area contributed by atoms with Crippen molar-refractivity contribution in [2.24, 2.45) is 0 Å². The van der Waals surface area contributed by atoms with Crippen molar-refractivity contribution in [3.05, 3.63) is 53.4 Å². The minimum atomic E-state index is 0.541. The van der Waals surface area contributed by atoms with Gasteiger partial charge in [-0.1, -0.05) is 23.7 Å². The lowest BCUT2D eigenvalue weighted by Gasteiger charge is -1.97. The summed E-state index contributed by atoms with van der Waals surface area (Å²) in [5.74, 6) is 0. The third kappa shape index (κ3) is 1.67. The van der Waals surface area contributed by atoms with Gasteiger partial charge in [-0.3, -0.25) is 4.79 Å². The van der Waals surface area contributed by atoms with Crippen LogP contribution in [0.3, 0.4) is 0 Å². The van der Waals surface area contributed by atoms with Gasteiger partial charge in [-0.05, 0) is 18.2 Å². The number of halogens is 1. The maximum atomic E-state index is 11.3. The molecule has 0 bridgehead atoms. The Kier molecular flexibility index (Phi) is 2.57. The zero-order chi connectivity index (χ0) is 12.5. The second-order valence-corrected chi connectivity index (χ2v) is 4.24. The summed E-state index contributed by atoms with van der Waals surface area (Å²) in [5.41, 5.74) is 2.70. The molecular formula is C13H8ClN3O. The summed E-state index contributed by atoms with van der Waals surface area (Å²) in [4.78, 5) is 15.2. The van der Waals surface area contributed by atoms with Gasteiger partial charge in [-0.15, -0.1) is 0 Å². The van der Waals surface area contributed by atoms with Crippen LogP contribution in [0.25, 0.3) is 16.8 Å². The van der Waals surface area contributed by atoms with E-state index in [9.17, 15) is 4.79 Å². The third-order valence-electron chi connectivity index (χ3n) is 2.70. The van der Waals surface area contributed by atoms with Gasteiger partial charge in [0.15, 0.2) is 6.29 Å². The summed E-state index contributed by atoms with van der Waals surface area (Å²) in [5, 5.41) is 4.97. The number of hydrogen-bond acceptors (Lipinski definition) is 3. The number of hydrogen-bond donors (Lipinski definition) is 0. The van der Waals surface area contributed by atoms with Crippen LogP contribution in [-0.4, -0.2) is 20.9 Å². The summed E-state index contributed by atoms with van der Waals surface area (Å²) >= 11 is 5.95. The number of carbonyl (C=O) groups excluding carboxylic acids is 1. The average Bonchev–Trinajstić information content (AvgIpc) is 2.77. The fourth-order valence-corrected chi connectivity index (χ4v) is 2.09. The molecule has 0 radical (unpaired) electrons. The first-order valence-electron chi connectivity index (χ1n) is 5.33. The fourth-order valence-electron chi connectivity index (χ4n) is 1.89. The number of nitrogens with zero attached hydrogens (tertiary/aromatic N) is 3. The van der Waals surface area contributed by atoms with E-state index >= 15 is 0 Å². The van der Waals surface area contributed by atoms with E-state index < -0.39 is 0 Å². The molecule has 3 aromatic rings. The van der Waals surface area contributed by atoms with Gasteiger partial charge in [-0.25, -0.2) is 9.50 Å². The maximum absolute atomic E-state index is 11.3. The first kappa shape index (κ1) is 10.9. The average molecular weight is 258 g/mol. The van der Waals surface area contributed by atoms with Crippen LogP contribution in [0.5, 0.6) is 0 Å². The molecule has 0 unspecified atom stereocenters. The topological polar surface area (TPSA) is 47.3 Å². The number of fused-ring (bicyclic) bond motifs is 1. The zero-order valence-corrected chi connectivity index (χ0v) is 10.0. The molecule has 18 heavy (non-hydrogen) atoms. The van der Waals surface area contributed by atoms with Gasteiger partial charge in [0.05, 0.1) is 11.1 Å². The van der Waals surface area contributed by atoms with E-state index in [1.807, 2.05) is 12.1 Å². The van der Waals surface area contributed by atoms with Gasteiger partial charge in [0.25, 0.3) is 0 Å². The number of carbonyl (C=O) groups is 1. The van der Waals surface area contributed by atoms with Crippen LogP contribution in [-0.2, 0) is 0 Å². The molecule has 0 spiro atoms. The molecule has 0 amide bonds. The predicted octanol–water partition coefficient (Wildman–Crippen LogP) is 2.86. The minimum Gasteiger partial charge on any atom is -0.298 e. The summed E-state index contributed by atoms with van der Waals surface area (Å²) in [6.07, 6.45) is 4.00. The lowest BCUT2D eigenvalue weighted by molar-refractivity contribution is 0.112. The Bertz CT molecular complexity index is 736. The van der Waals surface area contributed by atoms with Crippen molar-refractivity contribution in [2.75, 3.05) is 0 Å². The summed E-state index contributed by atoms with van der Waals surface area (Å²) in [7, 11) is 0. The second-order valence-electron chi connectivity index (χ2n) is 3.80. The first-order valence-corrected chi connectivity index (χ1v) is 5.71. The Hall–Kier alpha value is -2.20. The van der Waals surface area contributed by atoms with Gasteiger partial charge in [0.2, 0.25) is 0 Å². The quantitative estimate of drug-likeness (QED) is 0.663. The molecule has 0 saturated heterocycles. The van der Waals surface area contributed by atoms with Crippen molar-refractivity contribution in [2.45, 2.75) is 0 Å². The third-order valence-corrected chi connectivity index (χ3v) is 2.93. The Morgan fingerprint density at radius 2 is 2.17 bits per heavy atom. The molecule has 0 aliphatic carbocycles. The number of aldehydes is 1. The highest BCUT2D eigenvalue weighted by atomic mass is 35.5. The lowest BCUT2D eigenvalue weighted by atomic mass is 10.1. The molecular weight excluding hydrogens is 250 g/mol. The fraction of sp³-hybridized carbons (Fsp3) is 0. The van der Waals surface area contributed by atoms with E-state index in [-0.39, 0.29) is 0 Å². The molecule has 0 aliphatic heterocycles. The van der Waals surface area contributed by atoms with Crippen molar-refractivity contribution in [3.63, 3.8) is 0 Å². The summed E-state index contributed by atoms with van der Waals surface area (Å²) in [6.45, 7) is 0. The monoisotopic (exact) mass is 257 g/mol. The maximum Gasteiger partial charge on any atom is 0.154 e. The summed E-state index contributed by atoms with van der Waals surface area (Å²) in [6, 6.07) is 9.01. The highest BCUT2D eigenvalue weighted by molar-refractivity contribution is 6.30. The lowest BCUT2D eigenvalue weighted by Crippen LogP contribution is -1.87. The Labute approximate surface area is 108 Å². The van der Waals surface area contributed by atoms with Crippen LogP contribution in [0.4, 0.5) is 0 Å². The molecule has 2 aromatic heterocycles. The van der Waals surface area contributed by atoms with E-state index in [0.29, 0.717) is 16.3 Å². The largest absolute Gasteiger partial charge is 0.298 e. The van der Waals surface area contributed by atoms with Crippen LogP contribution in [0, 0.1) is 0 Å². The molecule has 3 rings (SSSR count).